The second-order valence-electron chi connectivity index (χ2n) is 18.7. The number of carbonyl (C=O) groups excluding carboxylic acids is 1. The lowest BCUT2D eigenvalue weighted by Crippen LogP contribution is -2.51. The summed E-state index contributed by atoms with van der Waals surface area (Å²) >= 11 is 0. The summed E-state index contributed by atoms with van der Waals surface area (Å²) in [7, 11) is 0. The maximum absolute atomic E-state index is 12.8. The van der Waals surface area contributed by atoms with Crippen LogP contribution < -0.4 is 0 Å². The Kier molecular flexibility index (Phi) is 17.3. The molecule has 0 aliphatic heterocycles. The first-order valence-corrected chi connectivity index (χ1v) is 22.2. The number of hydrogen-bond acceptors (Lipinski definition) is 2. The van der Waals surface area contributed by atoms with Crippen LogP contribution in [0.25, 0.3) is 0 Å². The van der Waals surface area contributed by atoms with Crippen molar-refractivity contribution in [2.45, 2.75) is 221 Å². The summed E-state index contributed by atoms with van der Waals surface area (Å²) in [6.45, 7) is 14.9. The van der Waals surface area contributed by atoms with E-state index in [1.807, 2.05) is 0 Å². The normalized spacial score (nSPS) is 31.7. The van der Waals surface area contributed by atoms with Crippen molar-refractivity contribution in [3.63, 3.8) is 0 Å². The van der Waals surface area contributed by atoms with E-state index in [9.17, 15) is 4.79 Å². The van der Waals surface area contributed by atoms with Crippen LogP contribution in [0, 0.1) is 46.3 Å². The average molecular weight is 679 g/mol. The van der Waals surface area contributed by atoms with E-state index in [2.05, 4.69) is 59.8 Å². The summed E-state index contributed by atoms with van der Waals surface area (Å²) in [4.78, 5) is 12.8. The number of carbonyl (C=O) groups is 1. The van der Waals surface area contributed by atoms with E-state index in [0.717, 1.165) is 54.8 Å². The van der Waals surface area contributed by atoms with Crippen LogP contribution in [-0.2, 0) is 9.53 Å². The second-order valence-corrected chi connectivity index (χ2v) is 18.7. The molecule has 282 valence electrons. The van der Waals surface area contributed by atoms with Gasteiger partial charge in [0.25, 0.3) is 0 Å². The Morgan fingerprint density at radius 3 is 2.10 bits per heavy atom. The molecule has 4 aliphatic rings. The third-order valence-corrected chi connectivity index (χ3v) is 14.7. The van der Waals surface area contributed by atoms with Gasteiger partial charge in [-0.25, -0.2) is 0 Å². The van der Waals surface area contributed by atoms with Crippen molar-refractivity contribution in [3.8, 4) is 0 Å². The van der Waals surface area contributed by atoms with Crippen LogP contribution in [0.2, 0.25) is 0 Å². The van der Waals surface area contributed by atoms with Gasteiger partial charge in [-0.1, -0.05) is 149 Å². The van der Waals surface area contributed by atoms with Gasteiger partial charge in [0.05, 0.1) is 0 Å². The number of esters is 1. The minimum Gasteiger partial charge on any atom is -0.462 e. The molecule has 3 saturated carbocycles. The second kappa shape index (κ2) is 20.9. The third kappa shape index (κ3) is 11.7. The molecular weight excluding hydrogens is 597 g/mol. The first kappa shape index (κ1) is 40.7. The van der Waals surface area contributed by atoms with Crippen molar-refractivity contribution in [2.75, 3.05) is 0 Å². The molecule has 0 aromatic rings. The number of unbranched alkanes of at least 4 members (excludes halogenated alkanes) is 13. The van der Waals surface area contributed by atoms with Crippen LogP contribution in [0.4, 0.5) is 0 Å². The van der Waals surface area contributed by atoms with E-state index in [1.54, 1.807) is 5.57 Å². The molecule has 49 heavy (non-hydrogen) atoms. The van der Waals surface area contributed by atoms with Crippen LogP contribution >= 0.6 is 0 Å². The summed E-state index contributed by atoms with van der Waals surface area (Å²) in [5.41, 5.74) is 2.53. The van der Waals surface area contributed by atoms with Gasteiger partial charge in [-0.15, -0.1) is 0 Å². The highest BCUT2D eigenvalue weighted by atomic mass is 16.5. The fourth-order valence-corrected chi connectivity index (χ4v) is 11.7. The van der Waals surface area contributed by atoms with Gasteiger partial charge in [-0.3, -0.25) is 4.79 Å². The highest BCUT2D eigenvalue weighted by Gasteiger charge is 2.59. The van der Waals surface area contributed by atoms with Crippen LogP contribution in [0.15, 0.2) is 23.8 Å². The number of hydrogen-bond donors (Lipinski definition) is 0. The molecule has 0 aromatic carbocycles. The molecule has 2 nitrogen and oxygen atoms in total. The van der Waals surface area contributed by atoms with Gasteiger partial charge in [-0.2, -0.15) is 0 Å². The molecular formula is C47H82O2. The van der Waals surface area contributed by atoms with E-state index in [1.165, 1.54) is 148 Å². The van der Waals surface area contributed by atoms with Crippen molar-refractivity contribution in [1.29, 1.82) is 0 Å². The van der Waals surface area contributed by atoms with Gasteiger partial charge in [0, 0.05) is 12.8 Å². The lowest BCUT2D eigenvalue weighted by Gasteiger charge is -2.58. The zero-order valence-corrected chi connectivity index (χ0v) is 33.7. The zero-order valence-electron chi connectivity index (χ0n) is 33.7. The fourth-order valence-electron chi connectivity index (χ4n) is 11.7. The molecule has 0 aromatic heterocycles. The van der Waals surface area contributed by atoms with Gasteiger partial charge in [0.2, 0.25) is 0 Å². The fraction of sp³-hybridized carbons (Fsp3) is 0.894. The van der Waals surface area contributed by atoms with E-state index in [0.29, 0.717) is 17.3 Å². The molecule has 3 fully saturated rings. The molecule has 0 saturated heterocycles. The Balaban J connectivity index is 1.08. The summed E-state index contributed by atoms with van der Waals surface area (Å²) in [6.07, 6.45) is 42.4. The molecule has 0 N–H and O–H groups in total. The first-order valence-electron chi connectivity index (χ1n) is 22.2. The highest BCUT2D eigenvalue weighted by Crippen LogP contribution is 2.67. The largest absolute Gasteiger partial charge is 0.462 e. The van der Waals surface area contributed by atoms with E-state index >= 15 is 0 Å². The maximum atomic E-state index is 12.8. The molecule has 0 bridgehead atoms. The van der Waals surface area contributed by atoms with Gasteiger partial charge < -0.3 is 4.74 Å². The highest BCUT2D eigenvalue weighted by molar-refractivity contribution is 5.69. The predicted molar refractivity (Wildman–Crippen MR) is 212 cm³/mol. The molecule has 4 rings (SSSR count). The van der Waals surface area contributed by atoms with Crippen molar-refractivity contribution in [3.05, 3.63) is 23.8 Å². The van der Waals surface area contributed by atoms with E-state index in [4.69, 9.17) is 4.74 Å². The molecule has 0 radical (unpaired) electrons. The summed E-state index contributed by atoms with van der Waals surface area (Å²) in [5, 5.41) is 0. The van der Waals surface area contributed by atoms with Crippen LogP contribution in [0.5, 0.6) is 0 Å². The maximum Gasteiger partial charge on any atom is 0.306 e. The summed E-state index contributed by atoms with van der Waals surface area (Å²) < 4.78 is 6.14. The van der Waals surface area contributed by atoms with Crippen molar-refractivity contribution in [1.82, 2.24) is 0 Å². The standard InChI is InChI=1S/C47H82O2/c1-7-8-9-10-11-12-13-14-15-16-17-18-19-20-21-22-23-27-45(48)49-40-32-34-46(5)39(36-40)28-29-41-43-31-30-42(38(4)26-24-25-37(2)3)47(43,6)35-33-44(41)46/h14-15,28,37-38,40-44H,7-13,16-27,29-36H2,1-6H3/t38-,40+,41?,42?,43?,44?,46+,47-/m1/s1. The number of allylic oxidation sites excluding steroid dienone is 3. The van der Waals surface area contributed by atoms with E-state index < -0.39 is 0 Å². The van der Waals surface area contributed by atoms with Crippen molar-refractivity contribution in [2.24, 2.45) is 46.3 Å². The monoisotopic (exact) mass is 679 g/mol. The average Bonchev–Trinajstić information content (AvgIpc) is 3.43. The van der Waals surface area contributed by atoms with Crippen molar-refractivity contribution >= 4 is 5.97 Å². The van der Waals surface area contributed by atoms with Crippen LogP contribution in [0.1, 0.15) is 215 Å². The Morgan fingerprint density at radius 2 is 1.43 bits per heavy atom. The first-order chi connectivity index (χ1) is 23.7. The molecule has 0 spiro atoms. The Morgan fingerprint density at radius 1 is 0.776 bits per heavy atom. The Labute approximate surface area is 305 Å². The number of rotatable bonds is 23. The van der Waals surface area contributed by atoms with Gasteiger partial charge in [0.1, 0.15) is 6.10 Å². The third-order valence-electron chi connectivity index (χ3n) is 14.7. The van der Waals surface area contributed by atoms with Gasteiger partial charge in [0.15, 0.2) is 0 Å². The quantitative estimate of drug-likeness (QED) is 0.0611. The minimum atomic E-state index is 0.0589. The minimum absolute atomic E-state index is 0.0589. The molecule has 4 unspecified atom stereocenters. The Hall–Kier alpha value is -1.05. The summed E-state index contributed by atoms with van der Waals surface area (Å²) in [5.74, 6) is 5.32. The Bertz CT molecular complexity index is 1010. The van der Waals surface area contributed by atoms with E-state index in [-0.39, 0.29) is 12.1 Å². The van der Waals surface area contributed by atoms with Crippen LogP contribution in [-0.4, -0.2) is 12.1 Å². The smallest absolute Gasteiger partial charge is 0.306 e. The predicted octanol–water partition coefficient (Wildman–Crippen LogP) is 14.8. The molecule has 2 heteroatoms. The topological polar surface area (TPSA) is 26.3 Å². The lowest BCUT2D eigenvalue weighted by atomic mass is 9.47. The van der Waals surface area contributed by atoms with Gasteiger partial charge in [-0.05, 0) is 123 Å². The number of ether oxygens (including phenoxy) is 1. The zero-order chi connectivity index (χ0) is 35.1. The lowest BCUT2D eigenvalue weighted by molar-refractivity contribution is -0.151. The van der Waals surface area contributed by atoms with Gasteiger partial charge >= 0.3 is 5.97 Å². The number of fused-ring (bicyclic) bond motifs is 5. The van der Waals surface area contributed by atoms with Crippen molar-refractivity contribution < 1.29 is 9.53 Å². The van der Waals surface area contributed by atoms with Crippen LogP contribution in [0.3, 0.4) is 0 Å². The molecule has 0 amide bonds. The molecule has 0 heterocycles. The molecule has 4 aliphatic carbocycles. The SMILES string of the molecule is CCCCCCCCC=CCCCCCCCCCC(=O)O[C@H]1CC[C@@]2(C)C(=CCC3C4CCC([C@H](C)CCCC(C)C)[C@@]4(C)CCC32)C1. The summed E-state index contributed by atoms with van der Waals surface area (Å²) in [6, 6.07) is 0. The molecule has 8 atom stereocenters.